The Bertz CT molecular complexity index is 740. The van der Waals surface area contributed by atoms with Crippen LogP contribution in [-0.4, -0.2) is 13.5 Å². The Morgan fingerprint density at radius 1 is 1.20 bits per heavy atom. The minimum Gasteiger partial charge on any atom is -0.506 e. The van der Waals surface area contributed by atoms with E-state index in [2.05, 4.69) is 4.72 Å². The van der Waals surface area contributed by atoms with Crippen LogP contribution >= 0.6 is 0 Å². The third-order valence-electron chi connectivity index (χ3n) is 2.60. The molecular formula is C13H13FN2O3S. The molecule has 106 valence electrons. The van der Waals surface area contributed by atoms with Crippen LogP contribution in [0.4, 0.5) is 15.8 Å². The van der Waals surface area contributed by atoms with Gasteiger partial charge in [-0.25, -0.2) is 12.8 Å². The van der Waals surface area contributed by atoms with Crippen LogP contribution in [0.15, 0.2) is 41.3 Å². The van der Waals surface area contributed by atoms with Crippen molar-refractivity contribution in [2.75, 3.05) is 10.5 Å². The highest BCUT2D eigenvalue weighted by molar-refractivity contribution is 7.92. The lowest BCUT2D eigenvalue weighted by atomic mass is 10.2. The zero-order valence-corrected chi connectivity index (χ0v) is 11.4. The minimum absolute atomic E-state index is 0.0525. The molecule has 0 bridgehead atoms. The van der Waals surface area contributed by atoms with E-state index in [1.807, 2.05) is 0 Å². The van der Waals surface area contributed by atoms with E-state index in [-0.39, 0.29) is 22.0 Å². The molecule has 0 saturated heterocycles. The van der Waals surface area contributed by atoms with Crippen LogP contribution in [0.5, 0.6) is 5.75 Å². The molecule has 0 aliphatic rings. The normalized spacial score (nSPS) is 11.3. The van der Waals surface area contributed by atoms with E-state index in [1.165, 1.54) is 24.3 Å². The van der Waals surface area contributed by atoms with E-state index in [0.717, 1.165) is 12.1 Å². The van der Waals surface area contributed by atoms with Gasteiger partial charge in [0.25, 0.3) is 10.0 Å². The smallest absolute Gasteiger partial charge is 0.261 e. The van der Waals surface area contributed by atoms with Crippen molar-refractivity contribution in [2.45, 2.75) is 11.8 Å². The maximum absolute atomic E-state index is 13.2. The number of sulfonamides is 1. The summed E-state index contributed by atoms with van der Waals surface area (Å²) in [5.74, 6) is -0.738. The summed E-state index contributed by atoms with van der Waals surface area (Å²) >= 11 is 0. The van der Waals surface area contributed by atoms with Crippen LogP contribution in [-0.2, 0) is 10.0 Å². The molecule has 7 heteroatoms. The molecule has 0 spiro atoms. The standard InChI is InChI=1S/C13H13FN2O3S/c1-8-4-9(14)6-10(5-8)16-20(18,19)11-2-3-13(17)12(15)7-11/h2-7,16-17H,15H2,1H3. The number of benzene rings is 2. The Hall–Kier alpha value is -2.28. The van der Waals surface area contributed by atoms with Crippen LogP contribution in [0.25, 0.3) is 0 Å². The Kier molecular flexibility index (Phi) is 3.54. The van der Waals surface area contributed by atoms with Crippen molar-refractivity contribution in [3.05, 3.63) is 47.8 Å². The number of halogens is 1. The van der Waals surface area contributed by atoms with Gasteiger partial charge in [-0.15, -0.1) is 0 Å². The highest BCUT2D eigenvalue weighted by Crippen LogP contribution is 2.25. The summed E-state index contributed by atoms with van der Waals surface area (Å²) in [7, 11) is -3.89. The molecule has 0 aromatic heterocycles. The summed E-state index contributed by atoms with van der Waals surface area (Å²) in [6.07, 6.45) is 0. The molecule has 20 heavy (non-hydrogen) atoms. The number of phenolic OH excluding ortho intramolecular Hbond substituents is 1. The fourth-order valence-electron chi connectivity index (χ4n) is 1.71. The van der Waals surface area contributed by atoms with Gasteiger partial charge in [0.05, 0.1) is 16.3 Å². The highest BCUT2D eigenvalue weighted by Gasteiger charge is 2.16. The van der Waals surface area contributed by atoms with Gasteiger partial charge in [-0.1, -0.05) is 0 Å². The largest absolute Gasteiger partial charge is 0.506 e. The Morgan fingerprint density at radius 2 is 1.90 bits per heavy atom. The summed E-state index contributed by atoms with van der Waals surface area (Å²) in [6.45, 7) is 1.65. The van der Waals surface area contributed by atoms with Gasteiger partial charge in [-0.05, 0) is 48.9 Å². The van der Waals surface area contributed by atoms with E-state index >= 15 is 0 Å². The Morgan fingerprint density at radius 3 is 2.50 bits per heavy atom. The molecule has 0 fully saturated rings. The number of anilines is 2. The maximum atomic E-state index is 13.2. The first-order valence-electron chi connectivity index (χ1n) is 5.66. The third-order valence-corrected chi connectivity index (χ3v) is 3.98. The summed E-state index contributed by atoms with van der Waals surface area (Å²) in [5.41, 5.74) is 6.11. The van der Waals surface area contributed by atoms with E-state index in [0.29, 0.717) is 5.56 Å². The molecule has 0 radical (unpaired) electrons. The minimum atomic E-state index is -3.89. The molecule has 5 nitrogen and oxygen atoms in total. The number of nitrogens with one attached hydrogen (secondary N) is 1. The molecule has 0 saturated carbocycles. The fourth-order valence-corrected chi connectivity index (χ4v) is 2.78. The second-order valence-corrected chi connectivity index (χ2v) is 6.03. The fraction of sp³-hybridized carbons (Fsp3) is 0.0769. The predicted molar refractivity (Wildman–Crippen MR) is 74.5 cm³/mol. The molecule has 0 amide bonds. The van der Waals surface area contributed by atoms with Crippen LogP contribution in [0.1, 0.15) is 5.56 Å². The number of aromatic hydroxyl groups is 1. The first-order chi connectivity index (χ1) is 9.28. The van der Waals surface area contributed by atoms with Crippen molar-refractivity contribution >= 4 is 21.4 Å². The topological polar surface area (TPSA) is 92.4 Å². The summed E-state index contributed by atoms with van der Waals surface area (Å²) in [4.78, 5) is -0.116. The molecule has 2 aromatic carbocycles. The highest BCUT2D eigenvalue weighted by atomic mass is 32.2. The number of nitrogens with two attached hydrogens (primary N) is 1. The van der Waals surface area contributed by atoms with E-state index in [1.54, 1.807) is 6.92 Å². The third kappa shape index (κ3) is 3.00. The molecule has 4 N–H and O–H groups in total. The molecule has 2 aromatic rings. The van der Waals surface area contributed by atoms with E-state index in [4.69, 9.17) is 5.73 Å². The maximum Gasteiger partial charge on any atom is 0.261 e. The lowest BCUT2D eigenvalue weighted by Gasteiger charge is -2.10. The number of hydrogen-bond donors (Lipinski definition) is 3. The van der Waals surface area contributed by atoms with Crippen LogP contribution in [0, 0.1) is 12.7 Å². The molecule has 2 rings (SSSR count). The molecular weight excluding hydrogens is 283 g/mol. The van der Waals surface area contributed by atoms with E-state index in [9.17, 15) is 17.9 Å². The first-order valence-corrected chi connectivity index (χ1v) is 7.15. The summed E-state index contributed by atoms with van der Waals surface area (Å²) in [6, 6.07) is 7.39. The zero-order chi connectivity index (χ0) is 14.9. The molecule has 0 unspecified atom stereocenters. The molecule has 0 aliphatic heterocycles. The number of nitrogen functional groups attached to an aromatic ring is 1. The van der Waals surface area contributed by atoms with Gasteiger partial charge in [0, 0.05) is 0 Å². The average molecular weight is 296 g/mol. The average Bonchev–Trinajstić information content (AvgIpc) is 2.30. The van der Waals surface area contributed by atoms with Crippen LogP contribution < -0.4 is 10.5 Å². The van der Waals surface area contributed by atoms with Crippen molar-refractivity contribution in [3.63, 3.8) is 0 Å². The van der Waals surface area contributed by atoms with Gasteiger partial charge >= 0.3 is 0 Å². The van der Waals surface area contributed by atoms with Crippen molar-refractivity contribution in [3.8, 4) is 5.75 Å². The number of hydrogen-bond acceptors (Lipinski definition) is 4. The number of aryl methyl sites for hydroxylation is 1. The van der Waals surface area contributed by atoms with Gasteiger partial charge in [0.2, 0.25) is 0 Å². The van der Waals surface area contributed by atoms with E-state index < -0.39 is 15.8 Å². The molecule has 0 aliphatic carbocycles. The monoisotopic (exact) mass is 296 g/mol. The Balaban J connectivity index is 2.37. The van der Waals surface area contributed by atoms with Gasteiger partial charge in [0.1, 0.15) is 11.6 Å². The SMILES string of the molecule is Cc1cc(F)cc(NS(=O)(=O)c2ccc(O)c(N)c2)c1. The van der Waals surface area contributed by atoms with Gasteiger partial charge in [-0.3, -0.25) is 4.72 Å². The van der Waals surface area contributed by atoms with Gasteiger partial charge in [0.15, 0.2) is 0 Å². The summed E-state index contributed by atoms with van der Waals surface area (Å²) in [5, 5.41) is 9.28. The zero-order valence-electron chi connectivity index (χ0n) is 10.6. The number of phenols is 1. The van der Waals surface area contributed by atoms with Crippen LogP contribution in [0.3, 0.4) is 0 Å². The summed E-state index contributed by atoms with van der Waals surface area (Å²) < 4.78 is 39.7. The quantitative estimate of drug-likeness (QED) is 0.598. The molecule has 0 atom stereocenters. The van der Waals surface area contributed by atoms with Crippen molar-refractivity contribution in [1.29, 1.82) is 0 Å². The van der Waals surface area contributed by atoms with Gasteiger partial charge in [-0.2, -0.15) is 0 Å². The second-order valence-electron chi connectivity index (χ2n) is 4.34. The van der Waals surface area contributed by atoms with Crippen molar-refractivity contribution in [2.24, 2.45) is 0 Å². The Labute approximate surface area is 115 Å². The number of rotatable bonds is 3. The lowest BCUT2D eigenvalue weighted by molar-refractivity contribution is 0.477. The lowest BCUT2D eigenvalue weighted by Crippen LogP contribution is -2.13. The van der Waals surface area contributed by atoms with Crippen molar-refractivity contribution < 1.29 is 17.9 Å². The first kappa shape index (κ1) is 14.1. The predicted octanol–water partition coefficient (Wildman–Crippen LogP) is 2.22. The van der Waals surface area contributed by atoms with Crippen LogP contribution in [0.2, 0.25) is 0 Å². The van der Waals surface area contributed by atoms with Crippen molar-refractivity contribution in [1.82, 2.24) is 0 Å². The second kappa shape index (κ2) is 5.01. The molecule has 0 heterocycles. The van der Waals surface area contributed by atoms with Gasteiger partial charge < -0.3 is 10.8 Å².